The SMILES string of the molecule is CC1CN(C(C)(C)CNC(=O)c2ccc(S(=O)(=O)NCC3CCCO3)cc2)CC(C)O1. The van der Waals surface area contributed by atoms with Crippen LogP contribution in [0.5, 0.6) is 0 Å². The van der Waals surface area contributed by atoms with E-state index in [9.17, 15) is 13.2 Å². The quantitative estimate of drug-likeness (QED) is 0.623. The molecule has 0 aliphatic carbocycles. The smallest absolute Gasteiger partial charge is 0.251 e. The zero-order chi connectivity index (χ0) is 22.6. The van der Waals surface area contributed by atoms with Crippen LogP contribution in [0.1, 0.15) is 50.9 Å². The molecule has 31 heavy (non-hydrogen) atoms. The molecule has 3 rings (SSSR count). The van der Waals surface area contributed by atoms with E-state index >= 15 is 0 Å². The summed E-state index contributed by atoms with van der Waals surface area (Å²) in [6, 6.07) is 6.01. The van der Waals surface area contributed by atoms with Gasteiger partial charge in [-0.25, -0.2) is 13.1 Å². The highest BCUT2D eigenvalue weighted by atomic mass is 32.2. The minimum Gasteiger partial charge on any atom is -0.377 e. The van der Waals surface area contributed by atoms with Crippen molar-refractivity contribution in [2.75, 3.05) is 32.8 Å². The molecule has 2 saturated heterocycles. The van der Waals surface area contributed by atoms with Gasteiger partial charge in [0, 0.05) is 43.9 Å². The predicted octanol–water partition coefficient (Wildman–Crippen LogP) is 1.76. The fourth-order valence-electron chi connectivity index (χ4n) is 4.06. The summed E-state index contributed by atoms with van der Waals surface area (Å²) in [5, 5.41) is 2.98. The summed E-state index contributed by atoms with van der Waals surface area (Å²) in [5.74, 6) is -0.223. The van der Waals surface area contributed by atoms with Crippen molar-refractivity contribution >= 4 is 15.9 Å². The fourth-order valence-corrected chi connectivity index (χ4v) is 5.13. The van der Waals surface area contributed by atoms with E-state index in [-0.39, 0.29) is 41.2 Å². The average Bonchev–Trinajstić information content (AvgIpc) is 3.24. The summed E-state index contributed by atoms with van der Waals surface area (Å²) in [5.41, 5.74) is 0.204. The third-order valence-corrected chi connectivity index (χ3v) is 7.35. The average molecular weight is 454 g/mol. The van der Waals surface area contributed by atoms with Crippen LogP contribution >= 0.6 is 0 Å². The number of sulfonamides is 1. The maximum atomic E-state index is 12.6. The molecule has 1 amide bonds. The first-order valence-corrected chi connectivity index (χ1v) is 12.5. The lowest BCUT2D eigenvalue weighted by atomic mass is 10.00. The van der Waals surface area contributed by atoms with Gasteiger partial charge in [0.05, 0.1) is 23.2 Å². The molecule has 0 bridgehead atoms. The molecule has 2 N–H and O–H groups in total. The van der Waals surface area contributed by atoms with E-state index in [0.29, 0.717) is 18.7 Å². The topological polar surface area (TPSA) is 97.0 Å². The number of benzene rings is 1. The lowest BCUT2D eigenvalue weighted by Gasteiger charge is -2.45. The van der Waals surface area contributed by atoms with Crippen molar-refractivity contribution in [3.8, 4) is 0 Å². The Hall–Kier alpha value is -1.52. The summed E-state index contributed by atoms with van der Waals surface area (Å²) >= 11 is 0. The first-order valence-electron chi connectivity index (χ1n) is 11.0. The van der Waals surface area contributed by atoms with Crippen molar-refractivity contribution in [2.45, 2.75) is 69.3 Å². The van der Waals surface area contributed by atoms with Gasteiger partial charge in [0.2, 0.25) is 10.0 Å². The Bertz CT molecular complexity index is 840. The van der Waals surface area contributed by atoms with Crippen molar-refractivity contribution in [3.05, 3.63) is 29.8 Å². The van der Waals surface area contributed by atoms with Crippen LogP contribution in [0.25, 0.3) is 0 Å². The number of carbonyl (C=O) groups excluding carboxylic acids is 1. The molecule has 2 aliphatic heterocycles. The molecule has 174 valence electrons. The van der Waals surface area contributed by atoms with Crippen molar-refractivity contribution < 1.29 is 22.7 Å². The van der Waals surface area contributed by atoms with Crippen LogP contribution in [0.15, 0.2) is 29.2 Å². The summed E-state index contributed by atoms with van der Waals surface area (Å²) in [6.45, 7) is 11.4. The molecule has 1 aromatic carbocycles. The second-order valence-corrected chi connectivity index (χ2v) is 10.9. The Morgan fingerprint density at radius 2 is 1.81 bits per heavy atom. The normalized spacial score (nSPS) is 25.5. The Balaban J connectivity index is 1.54. The van der Waals surface area contributed by atoms with Gasteiger partial charge in [-0.15, -0.1) is 0 Å². The van der Waals surface area contributed by atoms with Crippen LogP contribution in [0.2, 0.25) is 0 Å². The van der Waals surface area contributed by atoms with E-state index in [2.05, 4.69) is 42.6 Å². The fraction of sp³-hybridized carbons (Fsp3) is 0.682. The van der Waals surface area contributed by atoms with E-state index in [4.69, 9.17) is 9.47 Å². The van der Waals surface area contributed by atoms with Gasteiger partial charge in [-0.05, 0) is 64.8 Å². The van der Waals surface area contributed by atoms with Crippen LogP contribution in [0.4, 0.5) is 0 Å². The van der Waals surface area contributed by atoms with Gasteiger partial charge in [0.15, 0.2) is 0 Å². The van der Waals surface area contributed by atoms with Gasteiger partial charge in [-0.3, -0.25) is 9.69 Å². The summed E-state index contributed by atoms with van der Waals surface area (Å²) in [4.78, 5) is 15.1. The highest BCUT2D eigenvalue weighted by Gasteiger charge is 2.33. The standard InChI is InChI=1S/C22H35N3O5S/c1-16-13-25(14-17(2)30-16)22(3,4)15-23-21(26)18-7-9-20(10-8-18)31(27,28)24-12-19-6-5-11-29-19/h7-10,16-17,19,24H,5-6,11-15H2,1-4H3,(H,23,26). The number of nitrogens with zero attached hydrogens (tertiary/aromatic N) is 1. The zero-order valence-corrected chi connectivity index (χ0v) is 19.7. The van der Waals surface area contributed by atoms with Crippen LogP contribution in [-0.2, 0) is 19.5 Å². The Morgan fingerprint density at radius 1 is 1.16 bits per heavy atom. The Labute approximate surface area is 185 Å². The lowest BCUT2D eigenvalue weighted by molar-refractivity contribution is -0.0948. The molecule has 2 fully saturated rings. The second kappa shape index (κ2) is 9.95. The highest BCUT2D eigenvalue weighted by Crippen LogP contribution is 2.21. The molecule has 3 unspecified atom stereocenters. The third kappa shape index (κ3) is 6.49. The number of amides is 1. The monoisotopic (exact) mass is 453 g/mol. The second-order valence-electron chi connectivity index (χ2n) is 9.17. The number of nitrogens with one attached hydrogen (secondary N) is 2. The predicted molar refractivity (Wildman–Crippen MR) is 119 cm³/mol. The first kappa shape index (κ1) is 24.1. The maximum Gasteiger partial charge on any atom is 0.251 e. The van der Waals surface area contributed by atoms with Crippen LogP contribution in [0, 0.1) is 0 Å². The van der Waals surface area contributed by atoms with Gasteiger partial charge in [0.1, 0.15) is 0 Å². The molecule has 0 aromatic heterocycles. The van der Waals surface area contributed by atoms with Crippen LogP contribution in [-0.4, -0.2) is 75.9 Å². The number of rotatable bonds is 8. The summed E-state index contributed by atoms with van der Waals surface area (Å²) < 4.78 is 38.8. The molecule has 9 heteroatoms. The van der Waals surface area contributed by atoms with E-state index in [0.717, 1.165) is 25.9 Å². The van der Waals surface area contributed by atoms with Crippen LogP contribution in [0.3, 0.4) is 0 Å². The van der Waals surface area contributed by atoms with Crippen molar-refractivity contribution in [3.63, 3.8) is 0 Å². The minimum absolute atomic E-state index is 0.0689. The molecule has 3 atom stereocenters. The van der Waals surface area contributed by atoms with Gasteiger partial charge < -0.3 is 14.8 Å². The van der Waals surface area contributed by atoms with E-state index in [1.54, 1.807) is 12.1 Å². The van der Waals surface area contributed by atoms with Gasteiger partial charge >= 0.3 is 0 Å². The zero-order valence-electron chi connectivity index (χ0n) is 18.9. The van der Waals surface area contributed by atoms with Gasteiger partial charge in [-0.1, -0.05) is 0 Å². The molecule has 1 aromatic rings. The summed E-state index contributed by atoms with van der Waals surface area (Å²) in [7, 11) is -3.63. The van der Waals surface area contributed by atoms with Crippen molar-refractivity contribution in [1.29, 1.82) is 0 Å². The Morgan fingerprint density at radius 3 is 2.39 bits per heavy atom. The molecule has 0 radical (unpaired) electrons. The molecule has 0 spiro atoms. The van der Waals surface area contributed by atoms with Gasteiger partial charge in [-0.2, -0.15) is 0 Å². The van der Waals surface area contributed by atoms with Gasteiger partial charge in [0.25, 0.3) is 5.91 Å². The van der Waals surface area contributed by atoms with E-state index in [1.807, 2.05) is 0 Å². The number of morpholine rings is 1. The number of carbonyl (C=O) groups is 1. The van der Waals surface area contributed by atoms with Crippen molar-refractivity contribution in [1.82, 2.24) is 14.9 Å². The van der Waals surface area contributed by atoms with Crippen molar-refractivity contribution in [2.24, 2.45) is 0 Å². The molecular formula is C22H35N3O5S. The molecule has 2 heterocycles. The Kier molecular flexibility index (Phi) is 7.75. The minimum atomic E-state index is -3.63. The lowest BCUT2D eigenvalue weighted by Crippen LogP contribution is -2.58. The third-order valence-electron chi connectivity index (χ3n) is 5.91. The number of hydrogen-bond acceptors (Lipinski definition) is 6. The number of ether oxygens (including phenoxy) is 2. The largest absolute Gasteiger partial charge is 0.377 e. The number of hydrogen-bond donors (Lipinski definition) is 2. The first-order chi connectivity index (χ1) is 14.6. The highest BCUT2D eigenvalue weighted by molar-refractivity contribution is 7.89. The molecule has 8 nitrogen and oxygen atoms in total. The molecular weight excluding hydrogens is 418 g/mol. The summed E-state index contributed by atoms with van der Waals surface area (Å²) in [6.07, 6.45) is 2.06. The molecule has 0 saturated carbocycles. The van der Waals surface area contributed by atoms with Crippen LogP contribution < -0.4 is 10.0 Å². The van der Waals surface area contributed by atoms with E-state index < -0.39 is 10.0 Å². The maximum absolute atomic E-state index is 12.6. The molecule has 2 aliphatic rings. The van der Waals surface area contributed by atoms with E-state index in [1.165, 1.54) is 12.1 Å².